The van der Waals surface area contributed by atoms with Gasteiger partial charge in [0, 0.05) is 24.4 Å². The van der Waals surface area contributed by atoms with Crippen LogP contribution in [0.3, 0.4) is 0 Å². The quantitative estimate of drug-likeness (QED) is 0.836. The van der Waals surface area contributed by atoms with Crippen LogP contribution in [0.2, 0.25) is 0 Å². The van der Waals surface area contributed by atoms with E-state index in [0.717, 1.165) is 16.4 Å². The minimum absolute atomic E-state index is 0.0413. The average molecular weight is 223 g/mol. The molecule has 0 fully saturated rings. The first-order valence-corrected chi connectivity index (χ1v) is 5.55. The van der Waals surface area contributed by atoms with E-state index in [0.29, 0.717) is 6.42 Å². The van der Waals surface area contributed by atoms with E-state index in [9.17, 15) is 0 Å². The predicted octanol–water partition coefficient (Wildman–Crippen LogP) is 0.823. The molecule has 0 bridgehead atoms. The van der Waals surface area contributed by atoms with Crippen LogP contribution in [0.1, 0.15) is 22.4 Å². The van der Waals surface area contributed by atoms with Gasteiger partial charge in [-0.3, -0.25) is 4.68 Å². The van der Waals surface area contributed by atoms with Crippen molar-refractivity contribution in [3.8, 4) is 0 Å². The SMILES string of the molecule is Cc1ncsc1C(N)Cc1ncnn1C. The van der Waals surface area contributed by atoms with E-state index in [1.165, 1.54) is 0 Å². The Bertz CT molecular complexity index is 447. The maximum absolute atomic E-state index is 6.09. The van der Waals surface area contributed by atoms with Gasteiger partial charge in [0.05, 0.1) is 11.2 Å². The molecule has 2 aromatic heterocycles. The van der Waals surface area contributed by atoms with Gasteiger partial charge in [0.1, 0.15) is 12.2 Å². The Kier molecular flexibility index (Phi) is 2.79. The maximum Gasteiger partial charge on any atom is 0.138 e. The third-order valence-corrected chi connectivity index (χ3v) is 3.39. The molecule has 1 unspecified atom stereocenters. The van der Waals surface area contributed by atoms with Crippen molar-refractivity contribution in [2.24, 2.45) is 12.8 Å². The minimum atomic E-state index is -0.0413. The Morgan fingerprint density at radius 1 is 1.53 bits per heavy atom. The fourth-order valence-electron chi connectivity index (χ4n) is 1.46. The molecular formula is C9H13N5S. The zero-order valence-corrected chi connectivity index (χ0v) is 9.53. The highest BCUT2D eigenvalue weighted by molar-refractivity contribution is 7.09. The number of hydrogen-bond acceptors (Lipinski definition) is 5. The first-order chi connectivity index (χ1) is 7.18. The molecule has 1 atom stereocenters. The molecule has 2 rings (SSSR count). The Balaban J connectivity index is 2.14. The molecule has 0 saturated heterocycles. The summed E-state index contributed by atoms with van der Waals surface area (Å²) in [6, 6.07) is -0.0413. The summed E-state index contributed by atoms with van der Waals surface area (Å²) in [5.74, 6) is 0.898. The molecule has 0 amide bonds. The molecule has 2 N–H and O–H groups in total. The van der Waals surface area contributed by atoms with Gasteiger partial charge in [0.25, 0.3) is 0 Å². The molecule has 0 aromatic carbocycles. The van der Waals surface area contributed by atoms with Crippen LogP contribution in [-0.4, -0.2) is 19.7 Å². The first-order valence-electron chi connectivity index (χ1n) is 4.67. The van der Waals surface area contributed by atoms with Crippen molar-refractivity contribution in [2.75, 3.05) is 0 Å². The van der Waals surface area contributed by atoms with Gasteiger partial charge in [-0.15, -0.1) is 11.3 Å². The van der Waals surface area contributed by atoms with Crippen molar-refractivity contribution >= 4 is 11.3 Å². The van der Waals surface area contributed by atoms with Crippen molar-refractivity contribution in [1.82, 2.24) is 19.7 Å². The Morgan fingerprint density at radius 3 is 2.87 bits per heavy atom. The van der Waals surface area contributed by atoms with E-state index in [1.807, 2.05) is 19.5 Å². The van der Waals surface area contributed by atoms with E-state index in [2.05, 4.69) is 15.1 Å². The number of aryl methyl sites for hydroxylation is 2. The molecule has 0 spiro atoms. The predicted molar refractivity (Wildman–Crippen MR) is 58.5 cm³/mol. The van der Waals surface area contributed by atoms with Gasteiger partial charge < -0.3 is 5.73 Å². The smallest absolute Gasteiger partial charge is 0.138 e. The van der Waals surface area contributed by atoms with Gasteiger partial charge in [-0.05, 0) is 6.92 Å². The Morgan fingerprint density at radius 2 is 2.33 bits per heavy atom. The second kappa shape index (κ2) is 4.08. The van der Waals surface area contributed by atoms with E-state index in [-0.39, 0.29) is 6.04 Å². The molecule has 15 heavy (non-hydrogen) atoms. The molecule has 0 aliphatic rings. The summed E-state index contributed by atoms with van der Waals surface area (Å²) in [4.78, 5) is 9.46. The molecule has 0 saturated carbocycles. The molecule has 2 heterocycles. The van der Waals surface area contributed by atoms with Gasteiger partial charge in [-0.2, -0.15) is 5.10 Å². The standard InChI is InChI=1S/C9H13N5S/c1-6-9(15-5-12-6)7(10)3-8-11-4-13-14(8)2/h4-5,7H,3,10H2,1-2H3. The summed E-state index contributed by atoms with van der Waals surface area (Å²) in [5, 5.41) is 4.01. The topological polar surface area (TPSA) is 69.6 Å². The molecule has 0 radical (unpaired) electrons. The zero-order chi connectivity index (χ0) is 10.8. The van der Waals surface area contributed by atoms with Crippen molar-refractivity contribution in [3.63, 3.8) is 0 Å². The fourth-order valence-corrected chi connectivity index (χ4v) is 2.27. The van der Waals surface area contributed by atoms with Crippen LogP contribution in [0.25, 0.3) is 0 Å². The molecule has 6 heteroatoms. The molecule has 0 aliphatic heterocycles. The molecular weight excluding hydrogens is 210 g/mol. The Labute approximate surface area is 92.0 Å². The second-order valence-corrected chi connectivity index (χ2v) is 4.30. The highest BCUT2D eigenvalue weighted by atomic mass is 32.1. The summed E-state index contributed by atoms with van der Waals surface area (Å²) in [6.07, 6.45) is 2.24. The van der Waals surface area contributed by atoms with Crippen molar-refractivity contribution in [3.05, 3.63) is 28.2 Å². The lowest BCUT2D eigenvalue weighted by Gasteiger charge is -2.09. The molecule has 2 aromatic rings. The summed E-state index contributed by atoms with van der Waals surface area (Å²) >= 11 is 1.59. The highest BCUT2D eigenvalue weighted by Gasteiger charge is 2.14. The largest absolute Gasteiger partial charge is 0.323 e. The van der Waals surface area contributed by atoms with Gasteiger partial charge in [-0.25, -0.2) is 9.97 Å². The second-order valence-electron chi connectivity index (χ2n) is 3.41. The average Bonchev–Trinajstić information content (AvgIpc) is 2.76. The monoisotopic (exact) mass is 223 g/mol. The van der Waals surface area contributed by atoms with Crippen molar-refractivity contribution < 1.29 is 0 Å². The number of nitrogens with two attached hydrogens (primary N) is 1. The lowest BCUT2D eigenvalue weighted by atomic mass is 10.1. The summed E-state index contributed by atoms with van der Waals surface area (Å²) in [5.41, 5.74) is 8.92. The van der Waals surface area contributed by atoms with E-state index in [4.69, 9.17) is 5.73 Å². The molecule has 80 valence electrons. The van der Waals surface area contributed by atoms with Crippen molar-refractivity contribution in [2.45, 2.75) is 19.4 Å². The summed E-state index contributed by atoms with van der Waals surface area (Å²) in [7, 11) is 1.87. The highest BCUT2D eigenvalue weighted by Crippen LogP contribution is 2.21. The lowest BCUT2D eigenvalue weighted by molar-refractivity contribution is 0.633. The van der Waals surface area contributed by atoms with Crippen LogP contribution in [-0.2, 0) is 13.5 Å². The maximum atomic E-state index is 6.09. The van der Waals surface area contributed by atoms with Crippen LogP contribution >= 0.6 is 11.3 Å². The lowest BCUT2D eigenvalue weighted by Crippen LogP contribution is -2.15. The number of hydrogen-bond donors (Lipinski definition) is 1. The fraction of sp³-hybridized carbons (Fsp3) is 0.444. The van der Waals surface area contributed by atoms with Crippen LogP contribution in [0.5, 0.6) is 0 Å². The number of aromatic nitrogens is 4. The van der Waals surface area contributed by atoms with Crippen LogP contribution in [0, 0.1) is 6.92 Å². The zero-order valence-electron chi connectivity index (χ0n) is 8.71. The van der Waals surface area contributed by atoms with Crippen LogP contribution in [0.15, 0.2) is 11.8 Å². The van der Waals surface area contributed by atoms with Gasteiger partial charge >= 0.3 is 0 Å². The molecule has 5 nitrogen and oxygen atoms in total. The third kappa shape index (κ3) is 2.05. The van der Waals surface area contributed by atoms with Crippen LogP contribution in [0.4, 0.5) is 0 Å². The number of rotatable bonds is 3. The third-order valence-electron chi connectivity index (χ3n) is 2.33. The number of thiazole rings is 1. The van der Waals surface area contributed by atoms with Gasteiger partial charge in [0.2, 0.25) is 0 Å². The van der Waals surface area contributed by atoms with Crippen molar-refractivity contribution in [1.29, 1.82) is 0 Å². The van der Waals surface area contributed by atoms with Gasteiger partial charge in [-0.1, -0.05) is 0 Å². The normalized spacial score (nSPS) is 13.0. The van der Waals surface area contributed by atoms with Crippen LogP contribution < -0.4 is 5.73 Å². The van der Waals surface area contributed by atoms with Gasteiger partial charge in [0.15, 0.2) is 0 Å². The van der Waals surface area contributed by atoms with E-state index in [1.54, 1.807) is 22.3 Å². The number of nitrogens with zero attached hydrogens (tertiary/aromatic N) is 4. The summed E-state index contributed by atoms with van der Waals surface area (Å²) in [6.45, 7) is 1.97. The summed E-state index contributed by atoms with van der Waals surface area (Å²) < 4.78 is 1.75. The Hall–Kier alpha value is -1.27. The van der Waals surface area contributed by atoms with E-state index < -0.39 is 0 Å². The minimum Gasteiger partial charge on any atom is -0.323 e. The first kappa shape index (κ1) is 10.3. The molecule has 0 aliphatic carbocycles. The van der Waals surface area contributed by atoms with E-state index >= 15 is 0 Å².